The normalized spacial score (nSPS) is 29.1. The van der Waals surface area contributed by atoms with Gasteiger partial charge in [0.05, 0.1) is 24.2 Å². The first-order valence-corrected chi connectivity index (χ1v) is 12.0. The molecule has 1 aromatic carbocycles. The minimum Gasteiger partial charge on any atom is -0.463 e. The number of furan rings is 1. The summed E-state index contributed by atoms with van der Waals surface area (Å²) in [6.45, 7) is -0.355. The number of aliphatic hydroxyl groups excluding tert-OH is 1. The molecule has 2 aromatic heterocycles. The first-order chi connectivity index (χ1) is 17.1. The summed E-state index contributed by atoms with van der Waals surface area (Å²) in [4.78, 5) is 50.7. The fourth-order valence-electron chi connectivity index (χ4n) is 5.75. The highest BCUT2D eigenvalue weighted by atomic mass is 35.5. The van der Waals surface area contributed by atoms with Gasteiger partial charge < -0.3 is 9.52 Å². The molecule has 0 bridgehead atoms. The highest BCUT2D eigenvalue weighted by Gasteiger charge is 2.75. The topological polar surface area (TPSA) is 120 Å². The first-order valence-electron chi connectivity index (χ1n) is 11.2. The lowest BCUT2D eigenvalue weighted by atomic mass is 9.65. The quantitative estimate of drug-likeness (QED) is 0.311. The van der Waals surface area contributed by atoms with Crippen molar-refractivity contribution in [3.8, 4) is 5.69 Å². The van der Waals surface area contributed by atoms with Crippen LogP contribution in [-0.2, 0) is 22.7 Å². The van der Waals surface area contributed by atoms with Gasteiger partial charge in [-0.05, 0) is 29.8 Å². The van der Waals surface area contributed by atoms with Crippen molar-refractivity contribution < 1.29 is 19.1 Å². The van der Waals surface area contributed by atoms with Crippen LogP contribution in [-0.4, -0.2) is 52.5 Å². The van der Waals surface area contributed by atoms with Crippen LogP contribution in [0.4, 0.5) is 0 Å². The van der Waals surface area contributed by atoms with E-state index >= 15 is 0 Å². The highest BCUT2D eigenvalue weighted by Crippen LogP contribution is 2.63. The van der Waals surface area contributed by atoms with Gasteiger partial charge in [0.1, 0.15) is 18.1 Å². The Balaban J connectivity index is 1.60. The number of benzene rings is 1. The number of halogens is 2. The van der Waals surface area contributed by atoms with Crippen molar-refractivity contribution in [2.24, 2.45) is 0 Å². The van der Waals surface area contributed by atoms with Crippen molar-refractivity contribution in [3.05, 3.63) is 86.6 Å². The maximum atomic E-state index is 13.7. The number of allylic oxidation sites excluding steroid dienone is 2. The second-order valence-electron chi connectivity index (χ2n) is 9.16. The Morgan fingerprint density at radius 3 is 2.42 bits per heavy atom. The number of amides is 2. The molecule has 1 saturated heterocycles. The maximum absolute atomic E-state index is 13.7. The van der Waals surface area contributed by atoms with Crippen LogP contribution in [0.1, 0.15) is 29.9 Å². The smallest absolute Gasteiger partial charge is 0.352 e. The molecule has 4 unspecified atom stereocenters. The molecule has 2 aliphatic heterocycles. The average molecular weight is 531 g/mol. The lowest BCUT2D eigenvalue weighted by molar-refractivity contribution is -0.137. The summed E-state index contributed by atoms with van der Waals surface area (Å²) < 4.78 is 9.42. The number of hydrogen-bond acceptors (Lipinski definition) is 6. The number of para-hydroxylation sites is 1. The molecular weight excluding hydrogens is 511 g/mol. The number of fused-ring (bicyclic) bond motifs is 4. The monoisotopic (exact) mass is 530 g/mol. The van der Waals surface area contributed by atoms with E-state index in [0.717, 1.165) is 9.47 Å². The number of aliphatic hydroxyl groups is 1. The van der Waals surface area contributed by atoms with Gasteiger partial charge in [0.25, 0.3) is 11.8 Å². The molecule has 186 valence electrons. The Kier molecular flexibility index (Phi) is 4.86. The molecule has 1 N–H and O–H groups in total. The molecule has 2 fully saturated rings. The largest absolute Gasteiger partial charge is 0.463 e. The molecule has 3 aromatic rings. The van der Waals surface area contributed by atoms with Crippen LogP contribution in [0.25, 0.3) is 5.69 Å². The van der Waals surface area contributed by atoms with Crippen LogP contribution in [0, 0.1) is 0 Å². The van der Waals surface area contributed by atoms with E-state index in [-0.39, 0.29) is 31.1 Å². The van der Waals surface area contributed by atoms with Gasteiger partial charge in [-0.3, -0.25) is 14.5 Å². The zero-order valence-corrected chi connectivity index (χ0v) is 20.4. The molecule has 4 heterocycles. The van der Waals surface area contributed by atoms with Gasteiger partial charge in [0.15, 0.2) is 9.75 Å². The summed E-state index contributed by atoms with van der Waals surface area (Å²) in [5.41, 5.74) is -0.225. The van der Waals surface area contributed by atoms with Crippen LogP contribution < -0.4 is 11.4 Å². The Labute approximate surface area is 213 Å². The molecule has 4 atom stereocenters. The molecule has 10 nitrogen and oxygen atoms in total. The number of nitrogens with zero attached hydrogens (tertiary/aromatic N) is 4. The fourth-order valence-corrected chi connectivity index (χ4v) is 6.73. The van der Waals surface area contributed by atoms with E-state index in [2.05, 4.69) is 0 Å². The number of likely N-dealkylation sites (tertiary alicyclic amines) is 1. The summed E-state index contributed by atoms with van der Waals surface area (Å²) >= 11 is 14.0. The SMILES string of the molecule is CN1C(=O)C2(Cl)CC3C(=CCn4c(=O)n(-c5ccccc5)c(=O)n43)C(c3ccc(CO)o3)C2(Cl)C1=O. The van der Waals surface area contributed by atoms with Crippen molar-refractivity contribution in [1.82, 2.24) is 18.8 Å². The van der Waals surface area contributed by atoms with Crippen LogP contribution >= 0.6 is 23.2 Å². The average Bonchev–Trinajstić information content (AvgIpc) is 3.49. The van der Waals surface area contributed by atoms with Crippen LogP contribution in [0.3, 0.4) is 0 Å². The third-order valence-electron chi connectivity index (χ3n) is 7.42. The van der Waals surface area contributed by atoms with Crippen molar-refractivity contribution in [2.75, 3.05) is 7.05 Å². The van der Waals surface area contributed by atoms with Crippen molar-refractivity contribution in [1.29, 1.82) is 0 Å². The lowest BCUT2D eigenvalue weighted by Crippen LogP contribution is -2.59. The molecule has 3 aliphatic rings. The summed E-state index contributed by atoms with van der Waals surface area (Å²) in [5, 5.41) is 9.55. The van der Waals surface area contributed by atoms with Crippen LogP contribution in [0.15, 0.2) is 68.1 Å². The lowest BCUT2D eigenvalue weighted by Gasteiger charge is -2.48. The number of carbonyl (C=O) groups is 2. The maximum Gasteiger partial charge on any atom is 0.352 e. The van der Waals surface area contributed by atoms with Crippen LogP contribution in [0.5, 0.6) is 0 Å². The predicted octanol–water partition coefficient (Wildman–Crippen LogP) is 1.51. The summed E-state index contributed by atoms with van der Waals surface area (Å²) in [6, 6.07) is 10.7. The molecule has 0 radical (unpaired) electrons. The van der Waals surface area contributed by atoms with Crippen molar-refractivity contribution in [3.63, 3.8) is 0 Å². The first kappa shape index (κ1) is 23.1. The number of rotatable bonds is 3. The van der Waals surface area contributed by atoms with E-state index in [1.165, 1.54) is 22.5 Å². The zero-order chi connectivity index (χ0) is 25.6. The van der Waals surface area contributed by atoms with Crippen molar-refractivity contribution in [2.45, 2.75) is 41.3 Å². The molecule has 1 aliphatic carbocycles. The van der Waals surface area contributed by atoms with E-state index in [9.17, 15) is 24.3 Å². The molecule has 1 saturated carbocycles. The van der Waals surface area contributed by atoms with E-state index in [1.807, 2.05) is 0 Å². The Morgan fingerprint density at radius 1 is 1.03 bits per heavy atom. The zero-order valence-electron chi connectivity index (χ0n) is 18.9. The van der Waals surface area contributed by atoms with Gasteiger partial charge in [-0.1, -0.05) is 24.3 Å². The standard InChI is InChI=1S/C24H20Cl2N4O6/c1-27-19(32)23(25)11-16-15(18(24(23,26)20(27)33)17-8-7-14(12-31)36-17)9-10-28-21(34)29(22(35)30(16)28)13-5-3-2-4-6-13/h2-9,16,18,31H,10-12H2,1H3. The van der Waals surface area contributed by atoms with Crippen molar-refractivity contribution >= 4 is 35.0 Å². The Morgan fingerprint density at radius 2 is 1.75 bits per heavy atom. The van der Waals surface area contributed by atoms with Gasteiger partial charge in [-0.2, -0.15) is 0 Å². The molecule has 0 spiro atoms. The summed E-state index contributed by atoms with van der Waals surface area (Å²) in [6.07, 6.45) is 1.53. The second-order valence-corrected chi connectivity index (χ2v) is 10.4. The van der Waals surface area contributed by atoms with Gasteiger partial charge >= 0.3 is 11.4 Å². The van der Waals surface area contributed by atoms with Crippen LogP contribution in [0.2, 0.25) is 0 Å². The minimum absolute atomic E-state index is 0.0318. The van der Waals surface area contributed by atoms with E-state index in [0.29, 0.717) is 11.3 Å². The van der Waals surface area contributed by atoms with Gasteiger partial charge in [0, 0.05) is 13.5 Å². The highest BCUT2D eigenvalue weighted by molar-refractivity contribution is 6.53. The Bertz CT molecular complexity index is 1580. The molecular formula is C24H20Cl2N4O6. The fraction of sp³-hybridized carbons (Fsp3) is 0.333. The number of carbonyl (C=O) groups excluding carboxylic acids is 2. The molecule has 12 heteroatoms. The summed E-state index contributed by atoms with van der Waals surface area (Å²) in [5.74, 6) is -1.96. The third kappa shape index (κ3) is 2.66. The molecule has 36 heavy (non-hydrogen) atoms. The Hall–Kier alpha value is -3.34. The van der Waals surface area contributed by atoms with E-state index in [4.69, 9.17) is 27.6 Å². The van der Waals surface area contributed by atoms with Gasteiger partial charge in [0.2, 0.25) is 0 Å². The number of aromatic nitrogens is 3. The number of imide groups is 1. The number of hydrogen-bond donors (Lipinski definition) is 1. The summed E-state index contributed by atoms with van der Waals surface area (Å²) in [7, 11) is 1.31. The minimum atomic E-state index is -1.94. The van der Waals surface area contributed by atoms with E-state index < -0.39 is 44.9 Å². The molecule has 6 rings (SSSR count). The van der Waals surface area contributed by atoms with Gasteiger partial charge in [-0.25, -0.2) is 23.5 Å². The van der Waals surface area contributed by atoms with Gasteiger partial charge in [-0.15, -0.1) is 23.2 Å². The third-order valence-corrected chi connectivity index (χ3v) is 8.83. The number of alkyl halides is 2. The second kappa shape index (κ2) is 7.58. The molecule has 2 amide bonds. The van der Waals surface area contributed by atoms with E-state index in [1.54, 1.807) is 42.5 Å². The predicted molar refractivity (Wildman–Crippen MR) is 128 cm³/mol.